The molecule has 2 saturated heterocycles. The Kier molecular flexibility index (Phi) is 5.60. The van der Waals surface area contributed by atoms with Gasteiger partial charge in [-0.1, -0.05) is 18.2 Å². The number of hydrogen-bond acceptors (Lipinski definition) is 3. The predicted molar refractivity (Wildman–Crippen MR) is 105 cm³/mol. The molecule has 2 fully saturated rings. The van der Waals surface area contributed by atoms with Crippen molar-refractivity contribution in [1.29, 1.82) is 0 Å². The molecule has 2 aliphatic heterocycles. The van der Waals surface area contributed by atoms with E-state index in [-0.39, 0.29) is 11.9 Å². The van der Waals surface area contributed by atoms with Gasteiger partial charge in [0.25, 0.3) is 0 Å². The van der Waals surface area contributed by atoms with Crippen LogP contribution in [0.2, 0.25) is 0 Å². The number of benzene rings is 1. The molecule has 2 heterocycles. The minimum Gasteiger partial charge on any atom is -0.348 e. The number of nitrogens with one attached hydrogen (secondary N) is 1. The van der Waals surface area contributed by atoms with Crippen LogP contribution in [-0.4, -0.2) is 54.5 Å². The summed E-state index contributed by atoms with van der Waals surface area (Å²) < 4.78 is 0. The molecule has 1 aliphatic carbocycles. The molecule has 4 rings (SSSR count). The Bertz CT molecular complexity index is 644. The van der Waals surface area contributed by atoms with E-state index in [1.807, 2.05) is 0 Å². The van der Waals surface area contributed by atoms with Gasteiger partial charge in [0.2, 0.25) is 5.91 Å². The van der Waals surface area contributed by atoms with Gasteiger partial charge in [0.1, 0.15) is 0 Å². The Balaban J connectivity index is 1.32. The van der Waals surface area contributed by atoms with E-state index in [1.54, 1.807) is 0 Å². The first kappa shape index (κ1) is 18.0. The minimum absolute atomic E-state index is 0.0877. The maximum atomic E-state index is 12.6. The molecule has 2 atom stereocenters. The number of amides is 1. The van der Waals surface area contributed by atoms with Gasteiger partial charge in [0.15, 0.2) is 0 Å². The van der Waals surface area contributed by atoms with Crippen molar-refractivity contribution in [3.05, 3.63) is 34.9 Å². The van der Waals surface area contributed by atoms with E-state index in [2.05, 4.69) is 40.2 Å². The summed E-state index contributed by atoms with van der Waals surface area (Å²) in [6.45, 7) is 7.21. The SMILES string of the molecule is C[C@@H](NC(=O)CN1CCCN2CCC[C@@H]2C1)c1ccc2c(c1)CCCC2. The molecule has 3 aliphatic rings. The van der Waals surface area contributed by atoms with Crippen molar-refractivity contribution in [2.24, 2.45) is 0 Å². The zero-order valence-corrected chi connectivity index (χ0v) is 16.2. The van der Waals surface area contributed by atoms with Gasteiger partial charge in [-0.3, -0.25) is 14.6 Å². The Morgan fingerprint density at radius 2 is 1.92 bits per heavy atom. The van der Waals surface area contributed by atoms with Crippen molar-refractivity contribution >= 4 is 5.91 Å². The largest absolute Gasteiger partial charge is 0.348 e. The van der Waals surface area contributed by atoms with E-state index in [9.17, 15) is 4.79 Å². The summed E-state index contributed by atoms with van der Waals surface area (Å²) in [5, 5.41) is 3.24. The molecule has 0 spiro atoms. The lowest BCUT2D eigenvalue weighted by atomic mass is 9.89. The highest BCUT2D eigenvalue weighted by Crippen LogP contribution is 2.25. The highest BCUT2D eigenvalue weighted by Gasteiger charge is 2.29. The molecular formula is C22H33N3O. The summed E-state index contributed by atoms with van der Waals surface area (Å²) in [4.78, 5) is 17.6. The maximum absolute atomic E-state index is 12.6. The van der Waals surface area contributed by atoms with Crippen LogP contribution in [0.25, 0.3) is 0 Å². The molecule has 26 heavy (non-hydrogen) atoms. The fourth-order valence-electron chi connectivity index (χ4n) is 5.02. The van der Waals surface area contributed by atoms with Crippen molar-refractivity contribution in [3.8, 4) is 0 Å². The van der Waals surface area contributed by atoms with Crippen LogP contribution in [-0.2, 0) is 17.6 Å². The molecule has 0 bridgehead atoms. The average molecular weight is 356 g/mol. The molecule has 142 valence electrons. The van der Waals surface area contributed by atoms with Crippen LogP contribution in [0.3, 0.4) is 0 Å². The summed E-state index contributed by atoms with van der Waals surface area (Å²) in [7, 11) is 0. The first-order valence-corrected chi connectivity index (χ1v) is 10.6. The molecular weight excluding hydrogens is 322 g/mol. The van der Waals surface area contributed by atoms with Crippen LogP contribution in [0.5, 0.6) is 0 Å². The Morgan fingerprint density at radius 1 is 1.12 bits per heavy atom. The second kappa shape index (κ2) is 8.10. The predicted octanol–water partition coefficient (Wildman–Crippen LogP) is 2.91. The summed E-state index contributed by atoms with van der Waals surface area (Å²) in [5.41, 5.74) is 4.24. The third-order valence-electron chi connectivity index (χ3n) is 6.50. The Hall–Kier alpha value is -1.39. The fraction of sp³-hybridized carbons (Fsp3) is 0.682. The van der Waals surface area contributed by atoms with Gasteiger partial charge in [-0.25, -0.2) is 0 Å². The van der Waals surface area contributed by atoms with E-state index >= 15 is 0 Å². The highest BCUT2D eigenvalue weighted by molar-refractivity contribution is 5.78. The van der Waals surface area contributed by atoms with Crippen LogP contribution < -0.4 is 5.32 Å². The lowest BCUT2D eigenvalue weighted by Gasteiger charge is -2.26. The van der Waals surface area contributed by atoms with Gasteiger partial charge >= 0.3 is 0 Å². The summed E-state index contributed by atoms with van der Waals surface area (Å²) in [6.07, 6.45) is 8.81. The van der Waals surface area contributed by atoms with Gasteiger partial charge < -0.3 is 5.32 Å². The first-order chi connectivity index (χ1) is 12.7. The second-order valence-corrected chi connectivity index (χ2v) is 8.45. The smallest absolute Gasteiger partial charge is 0.234 e. The third kappa shape index (κ3) is 4.12. The lowest BCUT2D eigenvalue weighted by Crippen LogP contribution is -2.42. The number of nitrogens with zero attached hydrogens (tertiary/aromatic N) is 2. The number of carbonyl (C=O) groups excluding carboxylic acids is 1. The first-order valence-electron chi connectivity index (χ1n) is 10.6. The molecule has 4 heteroatoms. The monoisotopic (exact) mass is 355 g/mol. The average Bonchev–Trinajstić information content (AvgIpc) is 2.99. The molecule has 0 saturated carbocycles. The molecule has 0 unspecified atom stereocenters. The van der Waals surface area contributed by atoms with E-state index in [4.69, 9.17) is 0 Å². The van der Waals surface area contributed by atoms with Crippen LogP contribution in [0.15, 0.2) is 18.2 Å². The molecule has 4 nitrogen and oxygen atoms in total. The van der Waals surface area contributed by atoms with Gasteiger partial charge in [-0.05, 0) is 88.2 Å². The van der Waals surface area contributed by atoms with Gasteiger partial charge in [-0.15, -0.1) is 0 Å². The zero-order valence-electron chi connectivity index (χ0n) is 16.2. The minimum atomic E-state index is 0.0877. The molecule has 1 N–H and O–H groups in total. The van der Waals surface area contributed by atoms with E-state index in [0.717, 1.165) is 13.1 Å². The van der Waals surface area contributed by atoms with Crippen LogP contribution in [0, 0.1) is 0 Å². The van der Waals surface area contributed by atoms with Crippen LogP contribution in [0.4, 0.5) is 0 Å². The van der Waals surface area contributed by atoms with Crippen molar-refractivity contribution < 1.29 is 4.79 Å². The highest BCUT2D eigenvalue weighted by atomic mass is 16.2. The lowest BCUT2D eigenvalue weighted by molar-refractivity contribution is -0.122. The number of rotatable bonds is 4. The maximum Gasteiger partial charge on any atom is 0.234 e. The zero-order chi connectivity index (χ0) is 17.9. The van der Waals surface area contributed by atoms with Crippen LogP contribution >= 0.6 is 0 Å². The van der Waals surface area contributed by atoms with Crippen molar-refractivity contribution in [2.75, 3.05) is 32.7 Å². The van der Waals surface area contributed by atoms with Gasteiger partial charge in [-0.2, -0.15) is 0 Å². The summed E-state index contributed by atoms with van der Waals surface area (Å²) in [6, 6.07) is 7.56. The Morgan fingerprint density at radius 3 is 2.81 bits per heavy atom. The van der Waals surface area contributed by atoms with E-state index in [1.165, 1.54) is 74.7 Å². The molecule has 1 aromatic carbocycles. The molecule has 0 radical (unpaired) electrons. The van der Waals surface area contributed by atoms with Crippen LogP contribution in [0.1, 0.15) is 61.8 Å². The van der Waals surface area contributed by atoms with Crippen molar-refractivity contribution in [2.45, 2.75) is 64.0 Å². The normalized spacial score (nSPS) is 25.2. The topological polar surface area (TPSA) is 35.6 Å². The van der Waals surface area contributed by atoms with Gasteiger partial charge in [0, 0.05) is 12.6 Å². The molecule has 1 amide bonds. The number of carbonyl (C=O) groups is 1. The number of hydrogen-bond donors (Lipinski definition) is 1. The fourth-order valence-corrected chi connectivity index (χ4v) is 5.02. The number of aryl methyl sites for hydroxylation is 2. The Labute approximate surface area is 157 Å². The summed E-state index contributed by atoms with van der Waals surface area (Å²) in [5.74, 6) is 0.168. The van der Waals surface area contributed by atoms with Gasteiger partial charge in [0.05, 0.1) is 12.6 Å². The molecule has 1 aromatic rings. The van der Waals surface area contributed by atoms with Crippen molar-refractivity contribution in [1.82, 2.24) is 15.1 Å². The molecule has 0 aromatic heterocycles. The summed E-state index contributed by atoms with van der Waals surface area (Å²) >= 11 is 0. The standard InChI is InChI=1S/C22H33N3O/c1-17(19-10-9-18-6-2-3-7-20(18)14-19)23-22(26)16-24-11-5-13-25-12-4-8-21(25)15-24/h9-10,14,17,21H,2-8,11-13,15-16H2,1H3,(H,23,26)/t17-,21-/m1/s1. The third-order valence-corrected chi connectivity index (χ3v) is 6.50. The quantitative estimate of drug-likeness (QED) is 0.902. The van der Waals surface area contributed by atoms with E-state index in [0.29, 0.717) is 12.6 Å². The number of fused-ring (bicyclic) bond motifs is 2. The van der Waals surface area contributed by atoms with E-state index < -0.39 is 0 Å². The van der Waals surface area contributed by atoms with Crippen molar-refractivity contribution in [3.63, 3.8) is 0 Å². The second-order valence-electron chi connectivity index (χ2n) is 8.45.